The quantitative estimate of drug-likeness (QED) is 0.439. The number of thiol groups is 4. The first-order valence-corrected chi connectivity index (χ1v) is 5.39. The normalized spacial score (nSPS) is 11.7. The molecule has 1 aromatic rings. The van der Waals surface area contributed by atoms with Crippen molar-refractivity contribution in [2.45, 2.75) is 9.16 Å². The van der Waals surface area contributed by atoms with Gasteiger partial charge in [0.2, 0.25) is 0 Å². The predicted molar refractivity (Wildman–Crippen MR) is 67.8 cm³/mol. The van der Waals surface area contributed by atoms with Crippen molar-refractivity contribution in [2.24, 2.45) is 0 Å². The number of hydrogen-bond donors (Lipinski definition) is 4. The summed E-state index contributed by atoms with van der Waals surface area (Å²) in [6.45, 7) is 0. The summed E-state index contributed by atoms with van der Waals surface area (Å²) in [7, 11) is 0. The van der Waals surface area contributed by atoms with Crippen LogP contribution in [0.5, 0.6) is 0 Å². The molecule has 0 aliphatic rings. The van der Waals surface area contributed by atoms with E-state index in [4.69, 9.17) is 0 Å². The number of hydrogen-bond acceptors (Lipinski definition) is 4. The Morgan fingerprint density at radius 2 is 1.83 bits per heavy atom. The summed E-state index contributed by atoms with van der Waals surface area (Å²) in [4.78, 5) is 0. The zero-order valence-corrected chi connectivity index (χ0v) is 9.88. The molecule has 0 heterocycles. The molecule has 0 aliphatic heterocycles. The van der Waals surface area contributed by atoms with E-state index in [1.807, 2.05) is 24.3 Å². The van der Waals surface area contributed by atoms with Gasteiger partial charge in [0.25, 0.3) is 0 Å². The minimum atomic E-state index is -0.668. The molecule has 0 aliphatic carbocycles. The highest BCUT2D eigenvalue weighted by Crippen LogP contribution is 2.36. The molecule has 12 heavy (non-hydrogen) atoms. The molecule has 0 bridgehead atoms. The van der Waals surface area contributed by atoms with Crippen LogP contribution in [0.25, 0.3) is 0 Å². The Morgan fingerprint density at radius 3 is 2.33 bits per heavy atom. The van der Waals surface area contributed by atoms with Crippen LogP contribution in [0.1, 0.15) is 11.1 Å². The zero-order valence-electron chi connectivity index (χ0n) is 6.31. The van der Waals surface area contributed by atoms with Crippen LogP contribution in [-0.2, 0) is 9.16 Å². The van der Waals surface area contributed by atoms with Gasteiger partial charge in [-0.1, -0.05) is 24.3 Å². The topological polar surface area (TPSA) is 0 Å². The summed E-state index contributed by atoms with van der Waals surface area (Å²) >= 11 is 16.9. The van der Waals surface area contributed by atoms with Gasteiger partial charge in [-0.25, -0.2) is 0 Å². The van der Waals surface area contributed by atoms with Gasteiger partial charge in [0.05, 0.1) is 0 Å². The standard InChI is InChI=1S/C8H10S4/c9-5-6-2-1-3-7(4-6)8(10,11)12/h1-4,9-12H,5H2. The van der Waals surface area contributed by atoms with Gasteiger partial charge in [-0.15, -0.1) is 37.9 Å². The van der Waals surface area contributed by atoms with Crippen LogP contribution in [0.15, 0.2) is 24.3 Å². The third-order valence-electron chi connectivity index (χ3n) is 1.50. The van der Waals surface area contributed by atoms with Crippen molar-refractivity contribution in [3.63, 3.8) is 0 Å². The van der Waals surface area contributed by atoms with E-state index < -0.39 is 3.41 Å². The molecule has 0 spiro atoms. The fraction of sp³-hybridized carbons (Fsp3) is 0.250. The molecular formula is C8H10S4. The van der Waals surface area contributed by atoms with Crippen molar-refractivity contribution in [3.8, 4) is 0 Å². The van der Waals surface area contributed by atoms with Gasteiger partial charge in [0.1, 0.15) is 3.41 Å². The van der Waals surface area contributed by atoms with Crippen LogP contribution in [0.2, 0.25) is 0 Å². The molecule has 0 N–H and O–H groups in total. The second-order valence-electron chi connectivity index (χ2n) is 2.49. The SMILES string of the molecule is SCc1cccc(C(S)(S)S)c1. The molecule has 0 amide bonds. The molecule has 0 fully saturated rings. The predicted octanol–water partition coefficient (Wildman–Crippen LogP) is 3.02. The monoisotopic (exact) mass is 234 g/mol. The van der Waals surface area contributed by atoms with E-state index in [2.05, 4.69) is 50.5 Å². The van der Waals surface area contributed by atoms with E-state index in [0.717, 1.165) is 16.9 Å². The highest BCUT2D eigenvalue weighted by atomic mass is 32.2. The van der Waals surface area contributed by atoms with Gasteiger partial charge >= 0.3 is 0 Å². The van der Waals surface area contributed by atoms with Crippen LogP contribution in [0.4, 0.5) is 0 Å². The fourth-order valence-electron chi connectivity index (χ4n) is 0.878. The van der Waals surface area contributed by atoms with Crippen molar-refractivity contribution >= 4 is 50.5 Å². The Balaban J connectivity index is 3.02. The van der Waals surface area contributed by atoms with Gasteiger partial charge in [0, 0.05) is 5.75 Å². The molecule has 4 heteroatoms. The van der Waals surface area contributed by atoms with Crippen molar-refractivity contribution in [1.29, 1.82) is 0 Å². The summed E-state index contributed by atoms with van der Waals surface area (Å²) in [6.07, 6.45) is 0. The number of benzene rings is 1. The van der Waals surface area contributed by atoms with E-state index in [-0.39, 0.29) is 0 Å². The van der Waals surface area contributed by atoms with Crippen LogP contribution in [0.3, 0.4) is 0 Å². The lowest BCUT2D eigenvalue weighted by Crippen LogP contribution is -2.00. The average molecular weight is 234 g/mol. The third-order valence-corrected chi connectivity index (χ3v) is 2.64. The highest BCUT2D eigenvalue weighted by molar-refractivity contribution is 8.15. The van der Waals surface area contributed by atoms with E-state index in [1.54, 1.807) is 0 Å². The lowest BCUT2D eigenvalue weighted by atomic mass is 10.1. The Labute approximate surface area is 94.8 Å². The summed E-state index contributed by atoms with van der Waals surface area (Å²) in [5.74, 6) is 0.721. The second kappa shape index (κ2) is 4.22. The van der Waals surface area contributed by atoms with Crippen LogP contribution in [0, 0.1) is 0 Å². The largest absolute Gasteiger partial charge is 0.175 e. The van der Waals surface area contributed by atoms with Crippen molar-refractivity contribution in [3.05, 3.63) is 35.4 Å². The van der Waals surface area contributed by atoms with Crippen LogP contribution < -0.4 is 0 Å². The summed E-state index contributed by atoms with van der Waals surface area (Å²) < 4.78 is -0.668. The van der Waals surface area contributed by atoms with Crippen LogP contribution in [-0.4, -0.2) is 0 Å². The Hall–Kier alpha value is 0.620. The van der Waals surface area contributed by atoms with Crippen LogP contribution >= 0.6 is 50.5 Å². The Kier molecular flexibility index (Phi) is 3.76. The molecule has 0 aromatic heterocycles. The van der Waals surface area contributed by atoms with E-state index in [0.29, 0.717) is 0 Å². The van der Waals surface area contributed by atoms with E-state index >= 15 is 0 Å². The first-order valence-electron chi connectivity index (χ1n) is 3.41. The first-order chi connectivity index (χ1) is 5.54. The molecule has 0 saturated carbocycles. The Morgan fingerprint density at radius 1 is 1.17 bits per heavy atom. The van der Waals surface area contributed by atoms with Gasteiger partial charge in [0.15, 0.2) is 0 Å². The first kappa shape index (κ1) is 10.7. The molecule has 1 aromatic carbocycles. The summed E-state index contributed by atoms with van der Waals surface area (Å²) in [5, 5.41) is 0. The minimum Gasteiger partial charge on any atom is -0.175 e. The molecular weight excluding hydrogens is 224 g/mol. The smallest absolute Gasteiger partial charge is 0.124 e. The lowest BCUT2D eigenvalue weighted by Gasteiger charge is -2.16. The van der Waals surface area contributed by atoms with Crippen molar-refractivity contribution in [1.82, 2.24) is 0 Å². The molecule has 66 valence electrons. The molecule has 0 atom stereocenters. The molecule has 0 unspecified atom stereocenters. The van der Waals surface area contributed by atoms with E-state index in [1.165, 1.54) is 0 Å². The van der Waals surface area contributed by atoms with Gasteiger partial charge in [-0.2, -0.15) is 12.6 Å². The average Bonchev–Trinajstić information content (AvgIpc) is 2.03. The summed E-state index contributed by atoms with van der Waals surface area (Å²) in [5.41, 5.74) is 2.13. The zero-order chi connectivity index (χ0) is 9.19. The second-order valence-corrected chi connectivity index (χ2v) is 5.88. The molecule has 0 nitrogen and oxygen atoms in total. The lowest BCUT2D eigenvalue weighted by molar-refractivity contribution is 1.28. The Bertz CT molecular complexity index is 264. The highest BCUT2D eigenvalue weighted by Gasteiger charge is 2.16. The number of rotatable bonds is 2. The maximum atomic E-state index is 4.23. The van der Waals surface area contributed by atoms with Crippen molar-refractivity contribution < 1.29 is 0 Å². The maximum absolute atomic E-state index is 4.23. The molecule has 0 radical (unpaired) electrons. The van der Waals surface area contributed by atoms with Gasteiger partial charge in [-0.05, 0) is 11.1 Å². The van der Waals surface area contributed by atoms with Gasteiger partial charge < -0.3 is 0 Å². The molecule has 1 rings (SSSR count). The van der Waals surface area contributed by atoms with Gasteiger partial charge in [-0.3, -0.25) is 0 Å². The minimum absolute atomic E-state index is 0.668. The molecule has 0 saturated heterocycles. The summed E-state index contributed by atoms with van der Waals surface area (Å²) in [6, 6.07) is 7.91. The maximum Gasteiger partial charge on any atom is 0.124 e. The van der Waals surface area contributed by atoms with Crippen molar-refractivity contribution in [2.75, 3.05) is 0 Å². The third kappa shape index (κ3) is 2.83. The van der Waals surface area contributed by atoms with E-state index in [9.17, 15) is 0 Å². The fourth-order valence-corrected chi connectivity index (χ4v) is 1.49.